The first-order valence-corrected chi connectivity index (χ1v) is 6.46. The standard InChI is InChI=1S/C14H19FN2O/c1-16(13-8-6-7-12(15)11-13)14(18)17-9-4-2-3-5-10-17/h6-8,11H,2-5,9-10H2,1H3. The largest absolute Gasteiger partial charge is 0.324 e. The number of hydrogen-bond acceptors (Lipinski definition) is 1. The van der Waals surface area contributed by atoms with Crippen LogP contribution in [0.2, 0.25) is 0 Å². The van der Waals surface area contributed by atoms with Crippen molar-refractivity contribution in [1.29, 1.82) is 0 Å². The topological polar surface area (TPSA) is 23.6 Å². The Morgan fingerprint density at radius 3 is 2.50 bits per heavy atom. The minimum Gasteiger partial charge on any atom is -0.324 e. The minimum atomic E-state index is -0.317. The van der Waals surface area contributed by atoms with Crippen LogP contribution in [0.3, 0.4) is 0 Å². The zero-order valence-corrected chi connectivity index (χ0v) is 10.7. The highest BCUT2D eigenvalue weighted by atomic mass is 19.1. The first-order chi connectivity index (χ1) is 8.68. The first kappa shape index (κ1) is 12.9. The van der Waals surface area contributed by atoms with E-state index in [1.807, 2.05) is 4.90 Å². The maximum atomic E-state index is 13.1. The molecule has 0 aromatic heterocycles. The third-order valence-electron chi connectivity index (χ3n) is 3.36. The number of carbonyl (C=O) groups is 1. The molecule has 3 nitrogen and oxygen atoms in total. The van der Waals surface area contributed by atoms with Gasteiger partial charge in [-0.25, -0.2) is 9.18 Å². The highest BCUT2D eigenvalue weighted by Gasteiger charge is 2.20. The molecule has 0 aliphatic carbocycles. The lowest BCUT2D eigenvalue weighted by Crippen LogP contribution is -2.41. The Kier molecular flexibility index (Phi) is 4.18. The third-order valence-corrected chi connectivity index (χ3v) is 3.36. The second kappa shape index (κ2) is 5.85. The number of rotatable bonds is 1. The number of anilines is 1. The van der Waals surface area contributed by atoms with Crippen LogP contribution >= 0.6 is 0 Å². The Hall–Kier alpha value is -1.58. The highest BCUT2D eigenvalue weighted by molar-refractivity contribution is 5.91. The molecule has 0 N–H and O–H groups in total. The van der Waals surface area contributed by atoms with Gasteiger partial charge in [0.05, 0.1) is 0 Å². The van der Waals surface area contributed by atoms with Crippen molar-refractivity contribution in [2.24, 2.45) is 0 Å². The van der Waals surface area contributed by atoms with Crippen LogP contribution in [0.5, 0.6) is 0 Å². The van der Waals surface area contributed by atoms with Gasteiger partial charge in [-0.1, -0.05) is 18.9 Å². The van der Waals surface area contributed by atoms with E-state index in [1.165, 1.54) is 29.9 Å². The van der Waals surface area contributed by atoms with E-state index in [4.69, 9.17) is 0 Å². The predicted octanol–water partition coefficient (Wildman–Crippen LogP) is 3.26. The number of nitrogens with zero attached hydrogens (tertiary/aromatic N) is 2. The summed E-state index contributed by atoms with van der Waals surface area (Å²) < 4.78 is 13.1. The van der Waals surface area contributed by atoms with Gasteiger partial charge in [0.2, 0.25) is 0 Å². The van der Waals surface area contributed by atoms with Gasteiger partial charge in [0.15, 0.2) is 0 Å². The lowest BCUT2D eigenvalue weighted by molar-refractivity contribution is 0.208. The summed E-state index contributed by atoms with van der Waals surface area (Å²) in [5, 5.41) is 0. The van der Waals surface area contributed by atoms with Gasteiger partial charge < -0.3 is 4.90 Å². The quantitative estimate of drug-likeness (QED) is 0.750. The fourth-order valence-electron chi connectivity index (χ4n) is 2.27. The fraction of sp³-hybridized carbons (Fsp3) is 0.500. The number of carbonyl (C=O) groups excluding carboxylic acids is 1. The van der Waals surface area contributed by atoms with E-state index >= 15 is 0 Å². The number of likely N-dealkylation sites (tertiary alicyclic amines) is 1. The summed E-state index contributed by atoms with van der Waals surface area (Å²) in [7, 11) is 1.70. The molecule has 0 unspecified atom stereocenters. The normalized spacial score (nSPS) is 16.2. The molecule has 0 spiro atoms. The van der Waals surface area contributed by atoms with E-state index in [-0.39, 0.29) is 11.8 Å². The van der Waals surface area contributed by atoms with E-state index < -0.39 is 0 Å². The van der Waals surface area contributed by atoms with Crippen molar-refractivity contribution in [2.75, 3.05) is 25.0 Å². The highest BCUT2D eigenvalue weighted by Crippen LogP contribution is 2.17. The molecule has 4 heteroatoms. The summed E-state index contributed by atoms with van der Waals surface area (Å²) in [5.41, 5.74) is 0.601. The molecule has 1 saturated heterocycles. The molecular formula is C14H19FN2O. The lowest BCUT2D eigenvalue weighted by atomic mass is 10.2. The van der Waals surface area contributed by atoms with E-state index in [2.05, 4.69) is 0 Å². The number of urea groups is 1. The van der Waals surface area contributed by atoms with Crippen molar-refractivity contribution in [2.45, 2.75) is 25.7 Å². The number of halogens is 1. The SMILES string of the molecule is CN(C(=O)N1CCCCCC1)c1cccc(F)c1. The van der Waals surface area contributed by atoms with E-state index in [9.17, 15) is 9.18 Å². The van der Waals surface area contributed by atoms with Gasteiger partial charge in [-0.2, -0.15) is 0 Å². The summed E-state index contributed by atoms with van der Waals surface area (Å²) >= 11 is 0. The van der Waals surface area contributed by atoms with Gasteiger partial charge in [-0.15, -0.1) is 0 Å². The molecule has 1 aliphatic rings. The average molecular weight is 250 g/mol. The van der Waals surface area contributed by atoms with Crippen molar-refractivity contribution in [1.82, 2.24) is 4.90 Å². The Morgan fingerprint density at radius 2 is 1.89 bits per heavy atom. The molecule has 18 heavy (non-hydrogen) atoms. The minimum absolute atomic E-state index is 0.0394. The van der Waals surface area contributed by atoms with Crippen LogP contribution in [0.15, 0.2) is 24.3 Å². The number of benzene rings is 1. The zero-order valence-electron chi connectivity index (χ0n) is 10.7. The van der Waals surface area contributed by atoms with Crippen LogP contribution in [0.25, 0.3) is 0 Å². The van der Waals surface area contributed by atoms with Crippen molar-refractivity contribution >= 4 is 11.7 Å². The van der Waals surface area contributed by atoms with Crippen molar-refractivity contribution in [3.05, 3.63) is 30.1 Å². The average Bonchev–Trinajstić information content (AvgIpc) is 2.66. The van der Waals surface area contributed by atoms with Crippen LogP contribution < -0.4 is 4.90 Å². The van der Waals surface area contributed by atoms with Crippen molar-refractivity contribution < 1.29 is 9.18 Å². The molecule has 0 radical (unpaired) electrons. The Balaban J connectivity index is 2.07. The molecule has 0 bridgehead atoms. The molecular weight excluding hydrogens is 231 g/mol. The van der Waals surface area contributed by atoms with Crippen LogP contribution in [0.4, 0.5) is 14.9 Å². The molecule has 0 atom stereocenters. The van der Waals surface area contributed by atoms with Crippen LogP contribution in [0, 0.1) is 5.82 Å². The Labute approximate surface area is 107 Å². The molecule has 98 valence electrons. The van der Waals surface area contributed by atoms with Crippen LogP contribution in [0.1, 0.15) is 25.7 Å². The van der Waals surface area contributed by atoms with Crippen LogP contribution in [-0.4, -0.2) is 31.1 Å². The van der Waals surface area contributed by atoms with Crippen molar-refractivity contribution in [3.8, 4) is 0 Å². The van der Waals surface area contributed by atoms with E-state index in [0.717, 1.165) is 25.9 Å². The van der Waals surface area contributed by atoms with Gasteiger partial charge in [-0.3, -0.25) is 4.90 Å². The maximum Gasteiger partial charge on any atom is 0.324 e. The third kappa shape index (κ3) is 3.00. The maximum absolute atomic E-state index is 13.1. The smallest absolute Gasteiger partial charge is 0.324 e. The van der Waals surface area contributed by atoms with Gasteiger partial charge in [0.25, 0.3) is 0 Å². The molecule has 1 aliphatic heterocycles. The summed E-state index contributed by atoms with van der Waals surface area (Å²) in [6, 6.07) is 6.10. The van der Waals surface area contributed by atoms with Crippen molar-refractivity contribution in [3.63, 3.8) is 0 Å². The predicted molar refractivity (Wildman–Crippen MR) is 70.2 cm³/mol. The first-order valence-electron chi connectivity index (χ1n) is 6.46. The monoisotopic (exact) mass is 250 g/mol. The van der Waals surface area contributed by atoms with E-state index in [0.29, 0.717) is 5.69 Å². The van der Waals surface area contributed by atoms with E-state index in [1.54, 1.807) is 19.2 Å². The second-order valence-corrected chi connectivity index (χ2v) is 4.72. The molecule has 2 rings (SSSR count). The number of amides is 2. The lowest BCUT2D eigenvalue weighted by Gasteiger charge is -2.27. The Morgan fingerprint density at radius 1 is 1.22 bits per heavy atom. The van der Waals surface area contributed by atoms with Gasteiger partial charge in [0.1, 0.15) is 5.82 Å². The zero-order chi connectivity index (χ0) is 13.0. The molecule has 1 heterocycles. The molecule has 1 aromatic carbocycles. The molecule has 1 fully saturated rings. The molecule has 2 amide bonds. The second-order valence-electron chi connectivity index (χ2n) is 4.72. The van der Waals surface area contributed by atoms with Gasteiger partial charge in [-0.05, 0) is 31.0 Å². The molecule has 1 aromatic rings. The van der Waals surface area contributed by atoms with Gasteiger partial charge in [0, 0.05) is 25.8 Å². The Bertz CT molecular complexity index is 414. The fourth-order valence-corrected chi connectivity index (χ4v) is 2.27. The summed E-state index contributed by atoms with van der Waals surface area (Å²) in [4.78, 5) is 15.7. The summed E-state index contributed by atoms with van der Waals surface area (Å²) in [5.74, 6) is -0.317. The van der Waals surface area contributed by atoms with Crippen LogP contribution in [-0.2, 0) is 0 Å². The summed E-state index contributed by atoms with van der Waals surface area (Å²) in [6.45, 7) is 1.61. The van der Waals surface area contributed by atoms with Gasteiger partial charge >= 0.3 is 6.03 Å². The molecule has 0 saturated carbocycles. The summed E-state index contributed by atoms with van der Waals surface area (Å²) in [6.07, 6.45) is 4.49. The number of hydrogen-bond donors (Lipinski definition) is 0.